The van der Waals surface area contributed by atoms with Crippen molar-refractivity contribution in [1.29, 1.82) is 0 Å². The Kier molecular flexibility index (Phi) is 7.66. The van der Waals surface area contributed by atoms with Crippen LogP contribution >= 0.6 is 11.8 Å². The first-order valence-corrected chi connectivity index (χ1v) is 15.7. The number of rotatable bonds is 7. The average molecular weight is 587 g/mol. The summed E-state index contributed by atoms with van der Waals surface area (Å²) in [7, 11) is 1.76. The van der Waals surface area contributed by atoms with E-state index in [9.17, 15) is 19.5 Å². The summed E-state index contributed by atoms with van der Waals surface area (Å²) in [5.74, 6) is -1.85. The molecule has 8 nitrogen and oxygen atoms in total. The predicted octanol–water partition coefficient (Wildman–Crippen LogP) is 3.49. The van der Waals surface area contributed by atoms with Crippen LogP contribution in [0.2, 0.25) is 0 Å². The van der Waals surface area contributed by atoms with Gasteiger partial charge >= 0.3 is 0 Å². The number of hydrogen-bond acceptors (Lipinski definition) is 6. The van der Waals surface area contributed by atoms with Gasteiger partial charge in [0.15, 0.2) is 0 Å². The Morgan fingerprint density at radius 3 is 2.33 bits per heavy atom. The fourth-order valence-electron chi connectivity index (χ4n) is 7.23. The van der Waals surface area contributed by atoms with E-state index < -0.39 is 28.7 Å². The van der Waals surface area contributed by atoms with Gasteiger partial charge in [-0.15, -0.1) is 11.8 Å². The summed E-state index contributed by atoms with van der Waals surface area (Å²) in [4.78, 5) is 50.4. The second-order valence-electron chi connectivity index (χ2n) is 11.4. The van der Waals surface area contributed by atoms with Crippen molar-refractivity contribution < 1.29 is 19.5 Å². The zero-order valence-electron chi connectivity index (χ0n) is 24.3. The van der Waals surface area contributed by atoms with Gasteiger partial charge in [-0.1, -0.05) is 54.6 Å². The number of benzene rings is 2. The Hall–Kier alpha value is -3.56. The Bertz CT molecular complexity index is 1410. The minimum Gasteiger partial charge on any atom is -0.394 e. The fraction of sp³-hybridized carbons (Fsp3) is 0.424. The molecule has 220 valence electrons. The highest BCUT2D eigenvalue weighted by atomic mass is 32.2. The van der Waals surface area contributed by atoms with E-state index in [1.807, 2.05) is 78.9 Å². The first kappa shape index (κ1) is 28.6. The number of aliphatic hydroxyl groups excluding tert-OH is 1. The molecule has 2 aromatic carbocycles. The summed E-state index contributed by atoms with van der Waals surface area (Å²) in [6.07, 6.45) is 8.01. The van der Waals surface area contributed by atoms with Crippen molar-refractivity contribution in [2.45, 2.75) is 35.9 Å². The maximum atomic E-state index is 14.8. The Balaban J connectivity index is 1.46. The summed E-state index contributed by atoms with van der Waals surface area (Å²) in [6.45, 7) is 6.50. The lowest BCUT2D eigenvalue weighted by Crippen LogP contribution is -2.54. The first-order valence-electron chi connectivity index (χ1n) is 14.8. The second kappa shape index (κ2) is 11.3. The Labute approximate surface area is 251 Å². The molecule has 4 aliphatic rings. The van der Waals surface area contributed by atoms with Crippen molar-refractivity contribution >= 4 is 40.9 Å². The topological polar surface area (TPSA) is 84.4 Å². The molecule has 42 heavy (non-hydrogen) atoms. The molecule has 2 saturated heterocycles. The number of nitrogens with zero attached hydrogens (tertiary/aromatic N) is 4. The van der Waals surface area contributed by atoms with Crippen LogP contribution in [0, 0.1) is 11.8 Å². The minimum absolute atomic E-state index is 0.0810. The summed E-state index contributed by atoms with van der Waals surface area (Å²) in [5, 5.41) is 10.5. The van der Waals surface area contributed by atoms with Crippen LogP contribution in [0.3, 0.4) is 0 Å². The number of anilines is 2. The van der Waals surface area contributed by atoms with E-state index in [4.69, 9.17) is 0 Å². The minimum atomic E-state index is -0.945. The zero-order valence-corrected chi connectivity index (χ0v) is 25.1. The summed E-state index contributed by atoms with van der Waals surface area (Å²) in [5.41, 5.74) is 2.59. The third-order valence-electron chi connectivity index (χ3n) is 9.28. The van der Waals surface area contributed by atoms with Crippen LogP contribution in [-0.2, 0) is 14.4 Å². The number of likely N-dealkylation sites (tertiary alicyclic amines) is 1. The Morgan fingerprint density at radius 2 is 1.67 bits per heavy atom. The molecule has 0 aliphatic carbocycles. The number of carbonyl (C=O) groups is 3. The molecule has 1 unspecified atom stereocenters. The van der Waals surface area contributed by atoms with Crippen molar-refractivity contribution in [3.63, 3.8) is 0 Å². The molecular weight excluding hydrogens is 548 g/mol. The fourth-order valence-corrected chi connectivity index (χ4v) is 9.23. The number of aliphatic hydroxyl groups is 1. The monoisotopic (exact) mass is 586 g/mol. The predicted molar refractivity (Wildman–Crippen MR) is 166 cm³/mol. The summed E-state index contributed by atoms with van der Waals surface area (Å²) in [6, 6.07) is 15.7. The van der Waals surface area contributed by atoms with E-state index in [1.165, 1.54) is 0 Å². The van der Waals surface area contributed by atoms with Gasteiger partial charge in [0.05, 0.1) is 29.2 Å². The molecule has 0 radical (unpaired) electrons. The molecule has 1 spiro atoms. The van der Waals surface area contributed by atoms with Crippen molar-refractivity contribution in [3.8, 4) is 0 Å². The van der Waals surface area contributed by atoms with Crippen LogP contribution in [0.25, 0.3) is 0 Å². The van der Waals surface area contributed by atoms with Crippen molar-refractivity contribution in [3.05, 3.63) is 84.5 Å². The molecule has 3 amide bonds. The lowest BCUT2D eigenvalue weighted by molar-refractivity contribution is -0.144. The standard InChI is InChI=1S/C33H38N4O4S/c1-4-35(5-2)23-14-16-24(17-15-23)36-20-10-18-33-28(27-26(42-33)13-9-19-34(3)30(27)39)31(40)37(29(33)32(36)41)25(21-38)22-11-7-6-8-12-22/h6-18,25-29,38H,4-5,19-21H2,1-3H3/t25-,26-,27+,28+,29?,33+/m1/s1. The maximum Gasteiger partial charge on any atom is 0.251 e. The van der Waals surface area contributed by atoms with Gasteiger partial charge in [-0.25, -0.2) is 0 Å². The molecule has 4 heterocycles. The van der Waals surface area contributed by atoms with Crippen LogP contribution in [-0.4, -0.2) is 88.5 Å². The highest BCUT2D eigenvalue weighted by molar-refractivity contribution is 8.02. The van der Waals surface area contributed by atoms with Crippen LogP contribution < -0.4 is 9.80 Å². The van der Waals surface area contributed by atoms with Crippen molar-refractivity contribution in [2.24, 2.45) is 11.8 Å². The lowest BCUT2D eigenvalue weighted by Gasteiger charge is -2.38. The van der Waals surface area contributed by atoms with Crippen molar-refractivity contribution in [1.82, 2.24) is 9.80 Å². The van der Waals surface area contributed by atoms with Gasteiger partial charge in [-0.2, -0.15) is 0 Å². The molecule has 4 aliphatic heterocycles. The quantitative estimate of drug-likeness (QED) is 0.501. The molecule has 6 rings (SSSR count). The van der Waals surface area contributed by atoms with E-state index in [0.717, 1.165) is 30.0 Å². The van der Waals surface area contributed by atoms with Crippen LogP contribution in [0.5, 0.6) is 0 Å². The first-order chi connectivity index (χ1) is 20.4. The third kappa shape index (κ3) is 4.36. The normalized spacial score (nSPS) is 29.2. The van der Waals surface area contributed by atoms with Crippen LogP contribution in [0.1, 0.15) is 25.5 Å². The molecule has 0 saturated carbocycles. The third-order valence-corrected chi connectivity index (χ3v) is 11.0. The highest BCUT2D eigenvalue weighted by Crippen LogP contribution is 2.62. The van der Waals surface area contributed by atoms with Gasteiger partial charge < -0.3 is 24.7 Å². The van der Waals surface area contributed by atoms with E-state index >= 15 is 0 Å². The number of fused-ring (bicyclic) bond motifs is 2. The largest absolute Gasteiger partial charge is 0.394 e. The van der Waals surface area contributed by atoms with Crippen LogP contribution in [0.15, 0.2) is 78.9 Å². The van der Waals surface area contributed by atoms with Gasteiger partial charge in [0.2, 0.25) is 11.8 Å². The Morgan fingerprint density at radius 1 is 0.952 bits per heavy atom. The highest BCUT2D eigenvalue weighted by Gasteiger charge is 2.71. The number of hydrogen-bond donors (Lipinski definition) is 1. The van der Waals surface area contributed by atoms with Gasteiger partial charge in [0.25, 0.3) is 5.91 Å². The average Bonchev–Trinajstić information content (AvgIpc) is 3.33. The molecule has 6 atom stereocenters. The molecule has 0 aromatic heterocycles. The van der Waals surface area contributed by atoms with E-state index in [0.29, 0.717) is 13.1 Å². The summed E-state index contributed by atoms with van der Waals surface area (Å²) < 4.78 is -0.945. The number of thioether (sulfide) groups is 1. The van der Waals surface area contributed by atoms with Gasteiger partial charge in [-0.3, -0.25) is 14.4 Å². The smallest absolute Gasteiger partial charge is 0.251 e. The number of carbonyl (C=O) groups excluding carboxylic acids is 3. The molecule has 0 bridgehead atoms. The van der Waals surface area contributed by atoms with E-state index in [-0.39, 0.29) is 29.6 Å². The summed E-state index contributed by atoms with van der Waals surface area (Å²) >= 11 is 1.55. The van der Waals surface area contributed by atoms with Gasteiger partial charge in [0, 0.05) is 49.9 Å². The van der Waals surface area contributed by atoms with E-state index in [2.05, 4.69) is 18.7 Å². The molecule has 1 N–H and O–H groups in total. The second-order valence-corrected chi connectivity index (χ2v) is 12.9. The zero-order chi connectivity index (χ0) is 29.6. The molecular formula is C33H38N4O4S. The number of likely N-dealkylation sites (N-methyl/N-ethyl adjacent to an activating group) is 1. The van der Waals surface area contributed by atoms with Crippen LogP contribution in [0.4, 0.5) is 11.4 Å². The van der Waals surface area contributed by atoms with Crippen molar-refractivity contribution in [2.75, 3.05) is 49.6 Å². The number of amides is 3. The van der Waals surface area contributed by atoms with E-state index in [1.54, 1.807) is 33.5 Å². The van der Waals surface area contributed by atoms with Gasteiger partial charge in [0.1, 0.15) is 6.04 Å². The molecule has 2 aromatic rings. The maximum absolute atomic E-state index is 14.8. The van der Waals surface area contributed by atoms with Gasteiger partial charge in [-0.05, 0) is 43.7 Å². The molecule has 2 fully saturated rings. The molecule has 9 heteroatoms. The lowest BCUT2D eigenvalue weighted by atomic mass is 9.78. The SMILES string of the molecule is CCN(CC)c1ccc(N2CC=C[C@]34S[C@@H]5C=CCN(C)C(=O)[C@@H]5[C@H]3C(=O)N([C@H](CO)c3ccccc3)C4C2=O)cc1.